The zero-order valence-electron chi connectivity index (χ0n) is 15.2. The number of rotatable bonds is 7. The third-order valence-corrected chi connectivity index (χ3v) is 3.78. The van der Waals surface area contributed by atoms with E-state index in [0.717, 1.165) is 6.42 Å². The van der Waals surface area contributed by atoms with Crippen molar-refractivity contribution < 1.29 is 14.3 Å². The molecule has 0 heterocycles. The summed E-state index contributed by atoms with van der Waals surface area (Å²) in [5.74, 6) is 0.785. The van der Waals surface area contributed by atoms with E-state index in [9.17, 15) is 4.79 Å². The molecule has 1 amide bonds. The van der Waals surface area contributed by atoms with Gasteiger partial charge in [-0.1, -0.05) is 24.6 Å². The molecule has 0 aliphatic heterocycles. The van der Waals surface area contributed by atoms with Gasteiger partial charge in [0.15, 0.2) is 16.6 Å². The molecule has 0 atom stereocenters. The van der Waals surface area contributed by atoms with Crippen LogP contribution in [0.15, 0.2) is 42.5 Å². The molecule has 144 valence electrons. The lowest BCUT2D eigenvalue weighted by Gasteiger charge is -2.14. The first-order valence-electron chi connectivity index (χ1n) is 8.56. The summed E-state index contributed by atoms with van der Waals surface area (Å²) in [7, 11) is 0. The molecule has 0 aliphatic rings. The number of hydrogen-bond acceptors (Lipinski definition) is 4. The molecule has 0 saturated carbocycles. The van der Waals surface area contributed by atoms with Gasteiger partial charge < -0.3 is 14.8 Å². The van der Waals surface area contributed by atoms with Gasteiger partial charge in [0.2, 0.25) is 0 Å². The third kappa shape index (κ3) is 6.62. The minimum absolute atomic E-state index is 0.235. The van der Waals surface area contributed by atoms with E-state index in [1.54, 1.807) is 36.4 Å². The van der Waals surface area contributed by atoms with Crippen molar-refractivity contribution in [3.8, 4) is 11.5 Å². The molecule has 2 rings (SSSR count). The highest BCUT2D eigenvalue weighted by Gasteiger charge is 2.12. The molecular weight excluding hydrogens is 386 g/mol. The van der Waals surface area contributed by atoms with E-state index in [0.29, 0.717) is 41.0 Å². The van der Waals surface area contributed by atoms with Crippen molar-refractivity contribution in [1.29, 1.82) is 0 Å². The Bertz CT molecular complexity index is 802. The highest BCUT2D eigenvalue weighted by atomic mass is 35.5. The first-order chi connectivity index (χ1) is 13.0. The summed E-state index contributed by atoms with van der Waals surface area (Å²) in [4.78, 5) is 12.4. The summed E-state index contributed by atoms with van der Waals surface area (Å²) in [6, 6.07) is 12.1. The average Bonchev–Trinajstić information content (AvgIpc) is 2.65. The fraction of sp³-hybridized carbons (Fsp3) is 0.263. The normalized spacial score (nSPS) is 10.0. The first kappa shape index (κ1) is 20.8. The van der Waals surface area contributed by atoms with Crippen LogP contribution in [0.5, 0.6) is 11.5 Å². The Balaban J connectivity index is 1.96. The predicted molar refractivity (Wildman–Crippen MR) is 112 cm³/mol. The largest absolute Gasteiger partial charge is 0.490 e. The Labute approximate surface area is 169 Å². The number of ether oxygens (including phenoxy) is 2. The summed E-state index contributed by atoms with van der Waals surface area (Å²) in [6.45, 7) is 4.95. The standard InChI is InChI=1S/C19H22ClN3O3S/c1-3-10-26-16-9-8-13(11-17(16)25-4-2)18(24)22-23-19(27)21-15-7-5-6-14(20)12-15/h5-9,11-12H,3-4,10H2,1-2H3,(H,22,24)(H2,21,23,27). The van der Waals surface area contributed by atoms with E-state index < -0.39 is 0 Å². The molecule has 3 N–H and O–H groups in total. The first-order valence-corrected chi connectivity index (χ1v) is 9.34. The molecule has 0 aromatic heterocycles. The van der Waals surface area contributed by atoms with Crippen LogP contribution in [0.25, 0.3) is 0 Å². The number of hydrazine groups is 1. The number of carbonyl (C=O) groups excluding carboxylic acids is 1. The number of thiocarbonyl (C=S) groups is 1. The number of carbonyl (C=O) groups is 1. The van der Waals surface area contributed by atoms with Gasteiger partial charge in [-0.2, -0.15) is 0 Å². The molecule has 6 nitrogen and oxygen atoms in total. The highest BCUT2D eigenvalue weighted by Crippen LogP contribution is 2.28. The van der Waals surface area contributed by atoms with Gasteiger partial charge in [0.25, 0.3) is 5.91 Å². The third-order valence-electron chi connectivity index (χ3n) is 3.34. The van der Waals surface area contributed by atoms with Crippen LogP contribution >= 0.6 is 23.8 Å². The lowest BCUT2D eigenvalue weighted by Crippen LogP contribution is -2.43. The molecule has 27 heavy (non-hydrogen) atoms. The quantitative estimate of drug-likeness (QED) is 0.473. The second kappa shape index (κ2) is 10.6. The van der Waals surface area contributed by atoms with Crippen molar-refractivity contribution in [2.75, 3.05) is 18.5 Å². The van der Waals surface area contributed by atoms with E-state index in [-0.39, 0.29) is 11.0 Å². The molecular formula is C19H22ClN3O3S. The monoisotopic (exact) mass is 407 g/mol. The fourth-order valence-electron chi connectivity index (χ4n) is 2.16. The minimum Gasteiger partial charge on any atom is -0.490 e. The number of anilines is 1. The molecule has 0 bridgehead atoms. The van der Waals surface area contributed by atoms with Crippen molar-refractivity contribution >= 4 is 40.5 Å². The maximum absolute atomic E-state index is 12.4. The fourth-order valence-corrected chi connectivity index (χ4v) is 2.52. The second-order valence-electron chi connectivity index (χ2n) is 5.49. The molecule has 0 aliphatic carbocycles. The van der Waals surface area contributed by atoms with Crippen molar-refractivity contribution in [3.63, 3.8) is 0 Å². The summed E-state index contributed by atoms with van der Waals surface area (Å²) in [6.07, 6.45) is 0.884. The van der Waals surface area contributed by atoms with Crippen molar-refractivity contribution in [2.24, 2.45) is 0 Å². The number of hydrogen-bond donors (Lipinski definition) is 3. The van der Waals surface area contributed by atoms with E-state index in [1.165, 1.54) is 0 Å². The molecule has 2 aromatic carbocycles. The maximum atomic E-state index is 12.4. The van der Waals surface area contributed by atoms with Gasteiger partial charge in [-0.15, -0.1) is 0 Å². The van der Waals surface area contributed by atoms with Crippen LogP contribution < -0.4 is 25.6 Å². The van der Waals surface area contributed by atoms with Gasteiger partial charge in [-0.25, -0.2) is 0 Å². The molecule has 0 unspecified atom stereocenters. The maximum Gasteiger partial charge on any atom is 0.269 e. The van der Waals surface area contributed by atoms with Crippen LogP contribution in [0.1, 0.15) is 30.6 Å². The zero-order valence-corrected chi connectivity index (χ0v) is 16.7. The van der Waals surface area contributed by atoms with Crippen molar-refractivity contribution in [2.45, 2.75) is 20.3 Å². The molecule has 0 saturated heterocycles. The van der Waals surface area contributed by atoms with Crippen LogP contribution in [-0.2, 0) is 0 Å². The molecule has 0 fully saturated rings. The van der Waals surface area contributed by atoms with Gasteiger partial charge in [0, 0.05) is 16.3 Å². The highest BCUT2D eigenvalue weighted by molar-refractivity contribution is 7.80. The predicted octanol–water partition coefficient (Wildman–Crippen LogP) is 4.16. The Morgan fingerprint density at radius 3 is 2.59 bits per heavy atom. The van der Waals surface area contributed by atoms with Gasteiger partial charge in [0.05, 0.1) is 13.2 Å². The summed E-state index contributed by atoms with van der Waals surface area (Å²) >= 11 is 11.1. The van der Waals surface area contributed by atoms with Gasteiger partial charge in [-0.05, 0) is 62.0 Å². The number of amides is 1. The molecule has 8 heteroatoms. The van der Waals surface area contributed by atoms with E-state index in [4.69, 9.17) is 33.3 Å². The van der Waals surface area contributed by atoms with Crippen molar-refractivity contribution in [3.05, 3.63) is 53.1 Å². The van der Waals surface area contributed by atoms with Gasteiger partial charge >= 0.3 is 0 Å². The van der Waals surface area contributed by atoms with Crippen LogP contribution in [0, 0.1) is 0 Å². The molecule has 0 spiro atoms. The van der Waals surface area contributed by atoms with Crippen LogP contribution in [0.3, 0.4) is 0 Å². The topological polar surface area (TPSA) is 71.6 Å². The summed E-state index contributed by atoms with van der Waals surface area (Å²) in [5, 5.41) is 3.75. The summed E-state index contributed by atoms with van der Waals surface area (Å²) in [5.41, 5.74) is 6.33. The lowest BCUT2D eigenvalue weighted by atomic mass is 10.2. The van der Waals surface area contributed by atoms with E-state index >= 15 is 0 Å². The van der Waals surface area contributed by atoms with Crippen molar-refractivity contribution in [1.82, 2.24) is 10.9 Å². The molecule has 2 aromatic rings. The average molecular weight is 408 g/mol. The van der Waals surface area contributed by atoms with Crippen LogP contribution in [0.2, 0.25) is 5.02 Å². The Morgan fingerprint density at radius 1 is 1.07 bits per heavy atom. The van der Waals surface area contributed by atoms with E-state index in [1.807, 2.05) is 19.9 Å². The van der Waals surface area contributed by atoms with Gasteiger partial charge in [0.1, 0.15) is 0 Å². The second-order valence-corrected chi connectivity index (χ2v) is 6.33. The number of halogens is 1. The smallest absolute Gasteiger partial charge is 0.269 e. The van der Waals surface area contributed by atoms with Crippen LogP contribution in [-0.4, -0.2) is 24.2 Å². The minimum atomic E-state index is -0.353. The number of benzene rings is 2. The Kier molecular flexibility index (Phi) is 8.16. The van der Waals surface area contributed by atoms with Crippen LogP contribution in [0.4, 0.5) is 5.69 Å². The van der Waals surface area contributed by atoms with E-state index in [2.05, 4.69) is 16.2 Å². The summed E-state index contributed by atoms with van der Waals surface area (Å²) < 4.78 is 11.2. The Morgan fingerprint density at radius 2 is 1.89 bits per heavy atom. The SMILES string of the molecule is CCCOc1ccc(C(=O)NNC(=S)Nc2cccc(Cl)c2)cc1OCC. The lowest BCUT2D eigenvalue weighted by molar-refractivity contribution is 0.0943. The Hall–Kier alpha value is -2.51. The number of nitrogens with one attached hydrogen (secondary N) is 3. The van der Waals surface area contributed by atoms with Gasteiger partial charge in [-0.3, -0.25) is 15.6 Å². The molecule has 0 radical (unpaired) electrons. The zero-order chi connectivity index (χ0) is 19.6.